The van der Waals surface area contributed by atoms with Crippen molar-refractivity contribution in [1.29, 1.82) is 0 Å². The van der Waals surface area contributed by atoms with E-state index >= 15 is 0 Å². The zero-order chi connectivity index (χ0) is 12.3. The summed E-state index contributed by atoms with van der Waals surface area (Å²) < 4.78 is 37.4. The topological polar surface area (TPSA) is 25.8 Å². The van der Waals surface area contributed by atoms with Gasteiger partial charge in [-0.3, -0.25) is 9.97 Å². The highest BCUT2D eigenvalue weighted by atomic mass is 19.3. The molecule has 0 fully saturated rings. The second-order valence-corrected chi connectivity index (χ2v) is 3.42. The zero-order valence-electron chi connectivity index (χ0n) is 8.78. The lowest BCUT2D eigenvalue weighted by Crippen LogP contribution is -1.93. The Bertz CT molecular complexity index is 515. The molecule has 0 unspecified atom stereocenters. The van der Waals surface area contributed by atoms with E-state index in [9.17, 15) is 13.2 Å². The molecule has 0 aliphatic rings. The fourth-order valence-electron chi connectivity index (χ4n) is 1.44. The van der Waals surface area contributed by atoms with E-state index in [-0.39, 0.29) is 11.4 Å². The first-order chi connectivity index (χ1) is 8.20. The lowest BCUT2D eigenvalue weighted by atomic mass is 10.1. The Labute approximate surface area is 96.2 Å². The Morgan fingerprint density at radius 3 is 2.71 bits per heavy atom. The van der Waals surface area contributed by atoms with Crippen LogP contribution in [-0.4, -0.2) is 9.97 Å². The van der Waals surface area contributed by atoms with Crippen LogP contribution >= 0.6 is 0 Å². The molecule has 2 nitrogen and oxygen atoms in total. The van der Waals surface area contributed by atoms with Gasteiger partial charge in [0.25, 0.3) is 6.43 Å². The number of pyridine rings is 2. The van der Waals surface area contributed by atoms with E-state index in [0.717, 1.165) is 0 Å². The summed E-state index contributed by atoms with van der Waals surface area (Å²) in [7, 11) is 0. The predicted octanol–water partition coefficient (Wildman–Crippen LogP) is 3.55. The van der Waals surface area contributed by atoms with Crippen molar-refractivity contribution >= 4 is 0 Å². The monoisotopic (exact) mass is 238 g/mol. The maximum absolute atomic E-state index is 12.5. The minimum atomic E-state index is -2.63. The Balaban J connectivity index is 2.41. The van der Waals surface area contributed by atoms with Crippen molar-refractivity contribution in [2.75, 3.05) is 0 Å². The number of nitrogens with zero attached hydrogens (tertiary/aromatic N) is 2. The summed E-state index contributed by atoms with van der Waals surface area (Å²) in [5.41, 5.74) is 0.933. The van der Waals surface area contributed by atoms with Crippen LogP contribution < -0.4 is 0 Å². The molecule has 0 amide bonds. The van der Waals surface area contributed by atoms with Crippen LogP contribution in [0.25, 0.3) is 11.3 Å². The quantitative estimate of drug-likeness (QED) is 0.817. The average molecular weight is 238 g/mol. The van der Waals surface area contributed by atoms with Gasteiger partial charge < -0.3 is 0 Å². The molecule has 0 saturated carbocycles. The van der Waals surface area contributed by atoms with Crippen LogP contribution in [-0.2, 0) is 6.67 Å². The van der Waals surface area contributed by atoms with E-state index in [2.05, 4.69) is 9.97 Å². The van der Waals surface area contributed by atoms with Crippen molar-refractivity contribution in [3.05, 3.63) is 47.9 Å². The van der Waals surface area contributed by atoms with Gasteiger partial charge >= 0.3 is 0 Å². The maximum atomic E-state index is 12.5. The van der Waals surface area contributed by atoms with Crippen molar-refractivity contribution in [1.82, 2.24) is 9.97 Å². The lowest BCUT2D eigenvalue weighted by Gasteiger charge is -2.04. The maximum Gasteiger partial charge on any atom is 0.280 e. The third-order valence-electron chi connectivity index (χ3n) is 2.24. The predicted molar refractivity (Wildman–Crippen MR) is 57.2 cm³/mol. The van der Waals surface area contributed by atoms with Gasteiger partial charge in [-0.05, 0) is 24.3 Å². The molecule has 5 heteroatoms. The summed E-state index contributed by atoms with van der Waals surface area (Å²) in [6.07, 6.45) is -1.33. The molecule has 2 rings (SSSR count). The van der Waals surface area contributed by atoms with Gasteiger partial charge in [0.1, 0.15) is 12.4 Å². The molecular weight excluding hydrogens is 229 g/mol. The van der Waals surface area contributed by atoms with E-state index < -0.39 is 13.1 Å². The van der Waals surface area contributed by atoms with E-state index in [1.807, 2.05) is 0 Å². The van der Waals surface area contributed by atoms with Gasteiger partial charge in [0.2, 0.25) is 0 Å². The van der Waals surface area contributed by atoms with Crippen LogP contribution in [0.2, 0.25) is 0 Å². The van der Waals surface area contributed by atoms with E-state index in [1.165, 1.54) is 12.3 Å². The molecule has 0 spiro atoms. The van der Waals surface area contributed by atoms with Gasteiger partial charge in [0.05, 0.1) is 11.4 Å². The van der Waals surface area contributed by atoms with Gasteiger partial charge in [-0.25, -0.2) is 13.2 Å². The summed E-state index contributed by atoms with van der Waals surface area (Å²) in [6, 6.07) is 7.65. The number of hydrogen-bond acceptors (Lipinski definition) is 2. The van der Waals surface area contributed by atoms with Crippen LogP contribution in [0.5, 0.6) is 0 Å². The molecule has 0 atom stereocenters. The number of aromatic nitrogens is 2. The highest BCUT2D eigenvalue weighted by molar-refractivity contribution is 5.59. The molecular formula is C12H9F3N2. The van der Waals surface area contributed by atoms with Gasteiger partial charge in [-0.2, -0.15) is 0 Å². The van der Waals surface area contributed by atoms with Crippen LogP contribution in [0.1, 0.15) is 17.8 Å². The van der Waals surface area contributed by atoms with E-state index in [1.54, 1.807) is 24.3 Å². The Morgan fingerprint density at radius 2 is 2.00 bits per heavy atom. The smallest absolute Gasteiger partial charge is 0.255 e. The molecule has 17 heavy (non-hydrogen) atoms. The first-order valence-corrected chi connectivity index (χ1v) is 4.97. The number of hydrogen-bond donors (Lipinski definition) is 0. The molecule has 2 aromatic heterocycles. The van der Waals surface area contributed by atoms with E-state index in [4.69, 9.17) is 0 Å². The first kappa shape index (κ1) is 11.6. The minimum Gasteiger partial charge on any atom is -0.255 e. The second kappa shape index (κ2) is 4.95. The fourth-order valence-corrected chi connectivity index (χ4v) is 1.44. The third kappa shape index (κ3) is 2.61. The lowest BCUT2D eigenvalue weighted by molar-refractivity contribution is 0.146. The highest BCUT2D eigenvalue weighted by Crippen LogP contribution is 2.22. The number of rotatable bonds is 3. The van der Waals surface area contributed by atoms with Crippen molar-refractivity contribution in [3.63, 3.8) is 0 Å². The summed E-state index contributed by atoms with van der Waals surface area (Å²) in [5, 5.41) is 0. The molecule has 0 N–H and O–H groups in total. The molecule has 0 aliphatic carbocycles. The molecule has 0 radical (unpaired) electrons. The Hall–Kier alpha value is -1.91. The van der Waals surface area contributed by atoms with Crippen molar-refractivity contribution in [2.45, 2.75) is 13.1 Å². The summed E-state index contributed by atoms with van der Waals surface area (Å²) in [6.45, 7) is -0.680. The van der Waals surface area contributed by atoms with Gasteiger partial charge in [-0.15, -0.1) is 0 Å². The SMILES string of the molecule is FCc1cccc(-c2ccnc(C(F)F)c2)n1. The third-order valence-corrected chi connectivity index (χ3v) is 2.24. The second-order valence-electron chi connectivity index (χ2n) is 3.42. The standard InChI is InChI=1S/C12H9F3N2/c13-7-9-2-1-3-10(17-9)8-4-5-16-11(6-8)12(14)15/h1-6,12H,7H2. The number of halogens is 3. The molecule has 0 aromatic carbocycles. The van der Waals surface area contributed by atoms with Crippen LogP contribution in [0.3, 0.4) is 0 Å². The van der Waals surface area contributed by atoms with Crippen LogP contribution in [0.15, 0.2) is 36.5 Å². The van der Waals surface area contributed by atoms with Gasteiger partial charge in [0, 0.05) is 11.8 Å². The summed E-state index contributed by atoms with van der Waals surface area (Å²) in [4.78, 5) is 7.57. The van der Waals surface area contributed by atoms with Crippen LogP contribution in [0, 0.1) is 0 Å². The van der Waals surface area contributed by atoms with Crippen molar-refractivity contribution in [3.8, 4) is 11.3 Å². The average Bonchev–Trinajstić information content (AvgIpc) is 2.39. The first-order valence-electron chi connectivity index (χ1n) is 4.97. The Kier molecular flexibility index (Phi) is 3.37. The van der Waals surface area contributed by atoms with Gasteiger partial charge in [0.15, 0.2) is 0 Å². The van der Waals surface area contributed by atoms with Crippen molar-refractivity contribution < 1.29 is 13.2 Å². The largest absolute Gasteiger partial charge is 0.280 e. The normalized spacial score (nSPS) is 10.8. The highest BCUT2D eigenvalue weighted by Gasteiger charge is 2.10. The summed E-state index contributed by atoms with van der Waals surface area (Å²) in [5.74, 6) is 0. The molecule has 0 saturated heterocycles. The summed E-state index contributed by atoms with van der Waals surface area (Å²) >= 11 is 0. The van der Waals surface area contributed by atoms with Gasteiger partial charge in [-0.1, -0.05) is 6.07 Å². The molecule has 0 aliphatic heterocycles. The molecule has 88 valence electrons. The fraction of sp³-hybridized carbons (Fsp3) is 0.167. The van der Waals surface area contributed by atoms with Crippen molar-refractivity contribution in [2.24, 2.45) is 0 Å². The molecule has 2 heterocycles. The molecule has 0 bridgehead atoms. The number of alkyl halides is 3. The van der Waals surface area contributed by atoms with E-state index in [0.29, 0.717) is 11.3 Å². The molecule has 2 aromatic rings. The zero-order valence-corrected chi connectivity index (χ0v) is 8.78. The van der Waals surface area contributed by atoms with Crippen LogP contribution in [0.4, 0.5) is 13.2 Å². The minimum absolute atomic E-state index is 0.276. The Morgan fingerprint density at radius 1 is 1.18 bits per heavy atom.